The van der Waals surface area contributed by atoms with E-state index in [4.69, 9.17) is 9.99 Å². The van der Waals surface area contributed by atoms with Gasteiger partial charge in [0.2, 0.25) is 0 Å². The molecule has 0 spiro atoms. The molecular formula is C30H41N3O3PPdS+. The van der Waals surface area contributed by atoms with Gasteiger partial charge in [0.05, 0.1) is 7.92 Å². The van der Waals surface area contributed by atoms with E-state index in [9.17, 15) is 9.59 Å². The van der Waals surface area contributed by atoms with Crippen LogP contribution >= 0.6 is 7.92 Å². The average molecular weight is 661 g/mol. The second-order valence-electron chi connectivity index (χ2n) is 9.09. The monoisotopic (exact) mass is 660 g/mol. The minimum Gasteiger partial charge on any atom is -0.299 e. The van der Waals surface area contributed by atoms with E-state index in [1.807, 2.05) is 0 Å². The van der Waals surface area contributed by atoms with Gasteiger partial charge in [0, 0.05) is 57.8 Å². The van der Waals surface area contributed by atoms with Crippen molar-refractivity contribution in [1.82, 2.24) is 9.96 Å². The largest absolute Gasteiger partial charge is 0.299 e. The quantitative estimate of drug-likeness (QED) is 0.166. The summed E-state index contributed by atoms with van der Waals surface area (Å²) in [4.78, 5) is 22.9. The number of hydroxylamine groups is 2. The Balaban J connectivity index is 0.000000609. The predicted molar refractivity (Wildman–Crippen MR) is 162 cm³/mol. The smallest absolute Gasteiger partial charge is 0.253 e. The summed E-state index contributed by atoms with van der Waals surface area (Å²) < 4.78 is 5.33. The van der Waals surface area contributed by atoms with Crippen LogP contribution in [0.4, 0.5) is 0 Å². The van der Waals surface area contributed by atoms with E-state index < -0.39 is 19.7 Å². The number of benzene rings is 3. The summed E-state index contributed by atoms with van der Waals surface area (Å²) in [5, 5.41) is 12.9. The number of rotatable bonds is 6. The topological polar surface area (TPSA) is 84.7 Å². The van der Waals surface area contributed by atoms with Crippen molar-refractivity contribution in [2.24, 2.45) is 0 Å². The molecule has 9 heteroatoms. The van der Waals surface area contributed by atoms with Gasteiger partial charge in [0.15, 0.2) is 0 Å². The Morgan fingerprint density at radius 2 is 1.03 bits per heavy atom. The van der Waals surface area contributed by atoms with E-state index in [1.54, 1.807) is 0 Å². The average Bonchev–Trinajstić information content (AvgIpc) is 3.23. The fourth-order valence-corrected chi connectivity index (χ4v) is 6.78. The molecule has 0 saturated carbocycles. The van der Waals surface area contributed by atoms with Crippen LogP contribution in [0.5, 0.6) is 0 Å². The first-order chi connectivity index (χ1) is 18.3. The first kappa shape index (κ1) is 36.8. The van der Waals surface area contributed by atoms with Crippen molar-refractivity contribution in [3.05, 3.63) is 91.0 Å². The molecule has 1 aliphatic heterocycles. The van der Waals surface area contributed by atoms with Gasteiger partial charge in [-0.3, -0.25) is 19.7 Å². The molecule has 2 amide bonds. The second kappa shape index (κ2) is 20.7. The van der Waals surface area contributed by atoms with Gasteiger partial charge in [-0.2, -0.15) is 5.06 Å². The normalized spacial score (nSPS) is 12.2. The molecule has 1 aliphatic rings. The molecule has 2 N–H and O–H groups in total. The standard InChI is InChI=1S/C18H15P.C8H19N.C4H5NO3.HNS.Pd/c1-4-10-16(11-5-1)19(17-12-6-2-7-13-17)18-14-8-3-9-15-18;1-6-9(7(2)3)8(4)5;6-3-1-2-4(7)5(3)8;1-2;/h1-15H;7-8H,6H2,1-5H3;8H,1-2H2;1H;/p+1. The minimum atomic E-state index is -0.877. The molecule has 1 saturated heterocycles. The van der Waals surface area contributed by atoms with E-state index in [1.165, 1.54) is 15.9 Å². The maximum absolute atomic E-state index is 10.2. The van der Waals surface area contributed by atoms with E-state index >= 15 is 0 Å². The number of carbonyl (C=O) groups excluding carboxylic acids is 2. The Morgan fingerprint density at radius 3 is 1.18 bits per heavy atom. The molecule has 1 heterocycles. The molecule has 0 aromatic heterocycles. The van der Waals surface area contributed by atoms with Gasteiger partial charge < -0.3 is 0 Å². The zero-order valence-corrected chi connectivity index (χ0v) is 26.7. The molecule has 214 valence electrons. The van der Waals surface area contributed by atoms with Crippen molar-refractivity contribution >= 4 is 48.1 Å². The summed E-state index contributed by atoms with van der Waals surface area (Å²) in [6.07, 6.45) is 0.296. The Hall–Kier alpha value is -2.17. The molecule has 0 atom stereocenters. The first-order valence-electron chi connectivity index (χ1n) is 12.8. The number of carbonyl (C=O) groups is 2. The summed E-state index contributed by atoms with van der Waals surface area (Å²) in [6.45, 7) is 12.3. The zero-order chi connectivity index (χ0) is 28.5. The van der Waals surface area contributed by atoms with Crippen LogP contribution in [0, 0.1) is 4.78 Å². The maximum atomic E-state index is 10.2. The maximum Gasteiger partial charge on any atom is 0.253 e. The van der Waals surface area contributed by atoms with Crippen LogP contribution < -0.4 is 15.9 Å². The Morgan fingerprint density at radius 1 is 0.744 bits per heavy atom. The van der Waals surface area contributed by atoms with Crippen LogP contribution in [0.2, 0.25) is 0 Å². The van der Waals surface area contributed by atoms with Gasteiger partial charge in [0.25, 0.3) is 11.8 Å². The molecule has 3 aromatic rings. The Labute approximate surface area is 254 Å². The van der Waals surface area contributed by atoms with Crippen molar-refractivity contribution in [1.29, 1.82) is 4.78 Å². The summed E-state index contributed by atoms with van der Waals surface area (Å²) in [5.74, 6) is -1.01. The fourth-order valence-electron chi connectivity index (χ4n) is 4.21. The Bertz CT molecular complexity index is 959. The molecule has 0 aliphatic carbocycles. The van der Waals surface area contributed by atoms with E-state index in [0.29, 0.717) is 12.1 Å². The molecule has 3 aromatic carbocycles. The third-order valence-corrected chi connectivity index (χ3v) is 8.64. The first-order valence-corrected chi connectivity index (χ1v) is 14.7. The van der Waals surface area contributed by atoms with Crippen LogP contribution in [0.1, 0.15) is 47.5 Å². The fraction of sp³-hybridized carbons (Fsp3) is 0.333. The third-order valence-electron chi connectivity index (χ3n) is 5.90. The molecule has 1 fully saturated rings. The van der Waals surface area contributed by atoms with Gasteiger partial charge in [-0.15, -0.1) is 0 Å². The molecule has 0 radical (unpaired) electrons. The van der Waals surface area contributed by atoms with Crippen molar-refractivity contribution in [3.63, 3.8) is 0 Å². The van der Waals surface area contributed by atoms with Crippen molar-refractivity contribution < 1.29 is 35.2 Å². The van der Waals surface area contributed by atoms with E-state index in [0.717, 1.165) is 6.54 Å². The zero-order valence-electron chi connectivity index (χ0n) is 23.3. The van der Waals surface area contributed by atoms with Gasteiger partial charge in [-0.05, 0) is 70.6 Å². The van der Waals surface area contributed by atoms with Crippen molar-refractivity contribution in [2.75, 3.05) is 6.54 Å². The molecule has 6 nitrogen and oxygen atoms in total. The summed E-state index contributed by atoms with van der Waals surface area (Å²) in [6, 6.07) is 33.9. The number of imide groups is 1. The van der Waals surface area contributed by atoms with E-state index in [-0.39, 0.29) is 38.3 Å². The molecule has 0 unspecified atom stereocenters. The number of nitrogens with zero attached hydrogens (tertiary/aromatic N) is 2. The number of amides is 2. The predicted octanol–water partition coefficient (Wildman–Crippen LogP) is 5.12. The second-order valence-corrected chi connectivity index (χ2v) is 11.6. The van der Waals surface area contributed by atoms with Crippen LogP contribution in [0.15, 0.2) is 91.0 Å². The van der Waals surface area contributed by atoms with Crippen molar-refractivity contribution in [2.45, 2.75) is 59.5 Å². The SMILES string of the molecule is CCN(C(C)C)C(C)C.N=S.O=C1CCC(=O)N1O.[Pd].c1ccc([PH+](c2ccccc2)c2ccccc2)cc1. The van der Waals surface area contributed by atoms with Crippen LogP contribution in [0.25, 0.3) is 0 Å². The molecule has 39 heavy (non-hydrogen) atoms. The molecule has 0 bridgehead atoms. The number of hydrogen-bond donors (Lipinski definition) is 2. The number of hydrogen-bond acceptors (Lipinski definition) is 6. The summed E-state index contributed by atoms with van der Waals surface area (Å²) in [7, 11) is -0.877. The Kier molecular flexibility index (Phi) is 19.5. The van der Waals surface area contributed by atoms with Gasteiger partial charge >= 0.3 is 0 Å². The molecule has 4 rings (SSSR count). The third kappa shape index (κ3) is 12.7. The van der Waals surface area contributed by atoms with Crippen LogP contribution in [-0.2, 0) is 42.4 Å². The summed E-state index contributed by atoms with van der Waals surface area (Å²) >= 11 is 3.33. The van der Waals surface area contributed by atoms with Crippen molar-refractivity contribution in [3.8, 4) is 0 Å². The van der Waals surface area contributed by atoms with Gasteiger partial charge in [0.1, 0.15) is 15.9 Å². The number of nitrogens with one attached hydrogen (secondary N) is 1. The van der Waals surface area contributed by atoms with E-state index in [2.05, 4.69) is 143 Å². The summed E-state index contributed by atoms with van der Waals surface area (Å²) in [5.41, 5.74) is 0. The van der Waals surface area contributed by atoms with Crippen LogP contribution in [0.3, 0.4) is 0 Å². The minimum absolute atomic E-state index is 0. The van der Waals surface area contributed by atoms with Crippen LogP contribution in [-0.4, -0.2) is 45.6 Å². The van der Waals surface area contributed by atoms with Gasteiger partial charge in [-0.1, -0.05) is 61.5 Å². The van der Waals surface area contributed by atoms with Gasteiger partial charge in [-0.25, -0.2) is 4.78 Å². The molecular weight excluding hydrogens is 620 g/mol.